The summed E-state index contributed by atoms with van der Waals surface area (Å²) >= 11 is 16.5. The molecule has 0 aliphatic heterocycles. The van der Waals surface area contributed by atoms with Gasteiger partial charge in [-0.3, -0.25) is 5.43 Å². The minimum absolute atomic E-state index is 0.114. The van der Waals surface area contributed by atoms with Gasteiger partial charge < -0.3 is 10.5 Å². The van der Waals surface area contributed by atoms with Crippen molar-refractivity contribution in [1.82, 2.24) is 5.43 Å². The van der Waals surface area contributed by atoms with E-state index in [1.165, 1.54) is 0 Å². The average Bonchev–Trinajstić information content (AvgIpc) is 2.49. The van der Waals surface area contributed by atoms with E-state index in [4.69, 9.17) is 33.7 Å². The van der Waals surface area contributed by atoms with Crippen molar-refractivity contribution in [1.29, 1.82) is 0 Å². The van der Waals surface area contributed by atoms with E-state index in [9.17, 15) is 0 Å². The molecule has 2 aromatic carbocycles. The van der Waals surface area contributed by atoms with Crippen LogP contribution in [0.1, 0.15) is 11.1 Å². The lowest BCUT2D eigenvalue weighted by Crippen LogP contribution is -2.23. The third-order valence-corrected chi connectivity index (χ3v) is 3.47. The SMILES string of the molecule is NC(=S)N/N=C\c1cccc(OCc2ccc(Cl)c(Cl)c2)c1. The van der Waals surface area contributed by atoms with E-state index in [1.807, 2.05) is 30.3 Å². The van der Waals surface area contributed by atoms with Gasteiger partial charge in [-0.25, -0.2) is 0 Å². The van der Waals surface area contributed by atoms with Crippen LogP contribution in [0.5, 0.6) is 5.75 Å². The van der Waals surface area contributed by atoms with Gasteiger partial charge in [-0.2, -0.15) is 5.10 Å². The van der Waals surface area contributed by atoms with Crippen LogP contribution in [0.4, 0.5) is 0 Å². The molecule has 0 aliphatic rings. The summed E-state index contributed by atoms with van der Waals surface area (Å²) in [4.78, 5) is 0. The summed E-state index contributed by atoms with van der Waals surface area (Å²) < 4.78 is 5.72. The molecule has 0 aromatic heterocycles. The van der Waals surface area contributed by atoms with Crippen LogP contribution in [0.25, 0.3) is 0 Å². The van der Waals surface area contributed by atoms with E-state index >= 15 is 0 Å². The number of benzene rings is 2. The highest BCUT2D eigenvalue weighted by Gasteiger charge is 2.01. The minimum atomic E-state index is 0.114. The number of hydrazone groups is 1. The third-order valence-electron chi connectivity index (χ3n) is 2.64. The van der Waals surface area contributed by atoms with Gasteiger partial charge in [0, 0.05) is 0 Å². The largest absolute Gasteiger partial charge is 0.489 e. The summed E-state index contributed by atoms with van der Waals surface area (Å²) in [7, 11) is 0. The molecule has 0 bridgehead atoms. The Labute approximate surface area is 143 Å². The second-order valence-corrected chi connectivity index (χ2v) is 5.60. The van der Waals surface area contributed by atoms with Crippen LogP contribution in [0.15, 0.2) is 47.6 Å². The van der Waals surface area contributed by atoms with Crippen molar-refractivity contribution in [3.63, 3.8) is 0 Å². The molecule has 0 radical (unpaired) electrons. The second kappa shape index (κ2) is 7.98. The summed E-state index contributed by atoms with van der Waals surface area (Å²) in [6, 6.07) is 12.8. The second-order valence-electron chi connectivity index (χ2n) is 4.34. The molecule has 0 amide bonds. The van der Waals surface area contributed by atoms with E-state index in [0.29, 0.717) is 22.4 Å². The Morgan fingerprint density at radius 2 is 2.05 bits per heavy atom. The van der Waals surface area contributed by atoms with E-state index in [2.05, 4.69) is 22.7 Å². The lowest BCUT2D eigenvalue weighted by atomic mass is 10.2. The molecule has 0 heterocycles. The molecule has 114 valence electrons. The quantitative estimate of drug-likeness (QED) is 0.488. The Hall–Kier alpha value is -1.82. The first-order chi connectivity index (χ1) is 10.5. The predicted molar refractivity (Wildman–Crippen MR) is 94.8 cm³/mol. The maximum atomic E-state index is 5.97. The minimum Gasteiger partial charge on any atom is -0.489 e. The Morgan fingerprint density at radius 1 is 1.23 bits per heavy atom. The zero-order chi connectivity index (χ0) is 15.9. The van der Waals surface area contributed by atoms with E-state index in [-0.39, 0.29) is 5.11 Å². The van der Waals surface area contributed by atoms with Gasteiger partial charge in [-0.1, -0.05) is 41.4 Å². The van der Waals surface area contributed by atoms with Gasteiger partial charge >= 0.3 is 0 Å². The number of ether oxygens (including phenoxy) is 1. The van der Waals surface area contributed by atoms with Crippen molar-refractivity contribution in [2.45, 2.75) is 6.61 Å². The van der Waals surface area contributed by atoms with E-state index in [0.717, 1.165) is 11.1 Å². The van der Waals surface area contributed by atoms with Crippen molar-refractivity contribution < 1.29 is 4.74 Å². The first-order valence-electron chi connectivity index (χ1n) is 6.30. The number of hydrogen-bond acceptors (Lipinski definition) is 3. The van der Waals surface area contributed by atoms with Crippen LogP contribution >= 0.6 is 35.4 Å². The molecule has 2 rings (SSSR count). The average molecular weight is 354 g/mol. The van der Waals surface area contributed by atoms with Crippen LogP contribution in [-0.2, 0) is 6.61 Å². The number of nitrogens with two attached hydrogens (primary N) is 1. The summed E-state index contributed by atoms with van der Waals surface area (Å²) in [5, 5.41) is 5.04. The number of halogens is 2. The fourth-order valence-corrected chi connectivity index (χ4v) is 2.02. The highest BCUT2D eigenvalue weighted by atomic mass is 35.5. The van der Waals surface area contributed by atoms with Crippen molar-refractivity contribution in [3.05, 3.63) is 63.6 Å². The number of rotatable bonds is 5. The topological polar surface area (TPSA) is 59.6 Å². The van der Waals surface area contributed by atoms with Gasteiger partial charge in [0.1, 0.15) is 12.4 Å². The number of nitrogens with zero attached hydrogens (tertiary/aromatic N) is 1. The molecular weight excluding hydrogens is 341 g/mol. The molecule has 0 unspecified atom stereocenters. The van der Waals surface area contributed by atoms with Crippen molar-refractivity contribution in [2.75, 3.05) is 0 Å². The van der Waals surface area contributed by atoms with Gasteiger partial charge in [0.25, 0.3) is 0 Å². The lowest BCUT2D eigenvalue weighted by molar-refractivity contribution is 0.306. The van der Waals surface area contributed by atoms with Gasteiger partial charge in [0.05, 0.1) is 16.3 Å². The first kappa shape index (κ1) is 16.5. The van der Waals surface area contributed by atoms with Gasteiger partial charge in [0.2, 0.25) is 0 Å². The van der Waals surface area contributed by atoms with E-state index in [1.54, 1.807) is 18.3 Å². The molecule has 0 saturated heterocycles. The molecule has 4 nitrogen and oxygen atoms in total. The standard InChI is InChI=1S/C15H13Cl2N3OS/c16-13-5-4-11(7-14(13)17)9-21-12-3-1-2-10(6-12)8-19-20-15(18)22/h1-8H,9H2,(H3,18,20,22)/b19-8-. The Balaban J connectivity index is 1.99. The molecule has 22 heavy (non-hydrogen) atoms. The highest BCUT2D eigenvalue weighted by molar-refractivity contribution is 7.80. The molecule has 0 fully saturated rings. The van der Waals surface area contributed by atoms with Gasteiger partial charge in [-0.15, -0.1) is 0 Å². The summed E-state index contributed by atoms with van der Waals surface area (Å²) in [5.74, 6) is 0.713. The van der Waals surface area contributed by atoms with Crippen LogP contribution in [0, 0.1) is 0 Å². The number of thiocarbonyl (C=S) groups is 1. The summed E-state index contributed by atoms with van der Waals surface area (Å²) in [6.45, 7) is 0.391. The summed E-state index contributed by atoms with van der Waals surface area (Å²) in [5.41, 5.74) is 9.57. The normalized spacial score (nSPS) is 10.6. The number of hydrogen-bond donors (Lipinski definition) is 2. The molecule has 0 atom stereocenters. The van der Waals surface area contributed by atoms with Gasteiger partial charge in [0.15, 0.2) is 5.11 Å². The third kappa shape index (κ3) is 5.18. The summed E-state index contributed by atoms with van der Waals surface area (Å²) in [6.07, 6.45) is 1.60. The molecule has 3 N–H and O–H groups in total. The van der Waals surface area contributed by atoms with E-state index < -0.39 is 0 Å². The lowest BCUT2D eigenvalue weighted by Gasteiger charge is -2.07. The van der Waals surface area contributed by atoms with Crippen molar-refractivity contribution >= 4 is 46.7 Å². The number of nitrogens with one attached hydrogen (secondary N) is 1. The first-order valence-corrected chi connectivity index (χ1v) is 7.46. The van der Waals surface area contributed by atoms with Crippen molar-refractivity contribution in [2.24, 2.45) is 10.8 Å². The smallest absolute Gasteiger partial charge is 0.184 e. The molecular formula is C15H13Cl2N3OS. The Bertz CT molecular complexity index is 707. The molecule has 0 saturated carbocycles. The zero-order valence-electron chi connectivity index (χ0n) is 11.4. The van der Waals surface area contributed by atoms with Crippen LogP contribution in [0.2, 0.25) is 10.0 Å². The maximum Gasteiger partial charge on any atom is 0.184 e. The predicted octanol–water partition coefficient (Wildman–Crippen LogP) is 3.74. The Kier molecular flexibility index (Phi) is 6.00. The maximum absolute atomic E-state index is 5.97. The van der Waals surface area contributed by atoms with Crippen LogP contribution in [0.3, 0.4) is 0 Å². The van der Waals surface area contributed by atoms with Crippen LogP contribution < -0.4 is 15.9 Å². The molecule has 0 aliphatic carbocycles. The fourth-order valence-electron chi connectivity index (χ4n) is 1.65. The molecule has 7 heteroatoms. The monoisotopic (exact) mass is 353 g/mol. The van der Waals surface area contributed by atoms with Crippen molar-refractivity contribution in [3.8, 4) is 5.75 Å². The van der Waals surface area contributed by atoms with Crippen LogP contribution in [-0.4, -0.2) is 11.3 Å². The molecule has 0 spiro atoms. The van der Waals surface area contributed by atoms with Gasteiger partial charge in [-0.05, 0) is 47.6 Å². The zero-order valence-corrected chi connectivity index (χ0v) is 13.8. The Morgan fingerprint density at radius 3 is 2.77 bits per heavy atom. The highest BCUT2D eigenvalue weighted by Crippen LogP contribution is 2.23. The fraction of sp³-hybridized carbons (Fsp3) is 0.0667. The molecule has 2 aromatic rings.